The van der Waals surface area contributed by atoms with E-state index < -0.39 is 6.09 Å². The molecule has 4 heteroatoms. The van der Waals surface area contributed by atoms with Gasteiger partial charge in [-0.05, 0) is 35.9 Å². The third-order valence-electron chi connectivity index (χ3n) is 4.38. The SMILES string of the molecule is CC(C)(c1ccc(OC(=O)Nc2ccccc2)cc1)c1ccccc1O. The normalized spacial score (nSPS) is 11.0. The third-order valence-corrected chi connectivity index (χ3v) is 4.38. The van der Waals surface area contributed by atoms with E-state index in [1.54, 1.807) is 36.4 Å². The van der Waals surface area contributed by atoms with Gasteiger partial charge in [-0.3, -0.25) is 5.32 Å². The molecule has 2 N–H and O–H groups in total. The van der Waals surface area contributed by atoms with Gasteiger partial charge in [-0.1, -0.05) is 62.4 Å². The molecule has 0 aliphatic rings. The number of ether oxygens (including phenoxy) is 1. The number of carbonyl (C=O) groups excluding carboxylic acids is 1. The van der Waals surface area contributed by atoms with E-state index in [9.17, 15) is 9.90 Å². The maximum atomic E-state index is 12.0. The molecule has 1 amide bonds. The van der Waals surface area contributed by atoms with Gasteiger partial charge in [0.1, 0.15) is 11.5 Å². The van der Waals surface area contributed by atoms with Crippen LogP contribution in [0.3, 0.4) is 0 Å². The number of aromatic hydroxyl groups is 1. The Morgan fingerprint density at radius 2 is 1.50 bits per heavy atom. The van der Waals surface area contributed by atoms with Gasteiger partial charge in [0.15, 0.2) is 0 Å². The highest BCUT2D eigenvalue weighted by molar-refractivity contribution is 5.86. The van der Waals surface area contributed by atoms with Crippen LogP contribution in [0, 0.1) is 0 Å². The summed E-state index contributed by atoms with van der Waals surface area (Å²) in [7, 11) is 0. The molecule has 0 unspecified atom stereocenters. The van der Waals surface area contributed by atoms with Crippen molar-refractivity contribution in [1.82, 2.24) is 0 Å². The van der Waals surface area contributed by atoms with Crippen molar-refractivity contribution < 1.29 is 14.6 Å². The van der Waals surface area contributed by atoms with Gasteiger partial charge in [0, 0.05) is 16.7 Å². The van der Waals surface area contributed by atoms with Gasteiger partial charge in [-0.15, -0.1) is 0 Å². The van der Waals surface area contributed by atoms with Crippen LogP contribution in [0.4, 0.5) is 10.5 Å². The molecule has 3 aromatic rings. The number of carbonyl (C=O) groups is 1. The number of anilines is 1. The molecule has 3 aromatic carbocycles. The second kappa shape index (κ2) is 7.31. The standard InChI is InChI=1S/C22H21NO3/c1-22(2,19-10-6-7-11-20(19)24)16-12-14-18(15-13-16)26-21(25)23-17-8-4-3-5-9-17/h3-15,24H,1-2H3,(H,23,25). The summed E-state index contributed by atoms with van der Waals surface area (Å²) < 4.78 is 5.32. The predicted molar refractivity (Wildman–Crippen MR) is 103 cm³/mol. The van der Waals surface area contributed by atoms with Crippen LogP contribution in [0.5, 0.6) is 11.5 Å². The molecule has 132 valence electrons. The Morgan fingerprint density at radius 1 is 0.885 bits per heavy atom. The first-order valence-corrected chi connectivity index (χ1v) is 8.40. The zero-order chi connectivity index (χ0) is 18.6. The minimum absolute atomic E-state index is 0.264. The molecular weight excluding hydrogens is 326 g/mol. The Bertz CT molecular complexity index is 887. The number of para-hydroxylation sites is 2. The van der Waals surface area contributed by atoms with Crippen LogP contribution in [0.25, 0.3) is 0 Å². The van der Waals surface area contributed by atoms with Crippen LogP contribution >= 0.6 is 0 Å². The zero-order valence-corrected chi connectivity index (χ0v) is 14.8. The van der Waals surface area contributed by atoms with Crippen molar-refractivity contribution in [3.63, 3.8) is 0 Å². The second-order valence-corrected chi connectivity index (χ2v) is 6.55. The highest BCUT2D eigenvalue weighted by Gasteiger charge is 2.25. The van der Waals surface area contributed by atoms with Gasteiger partial charge in [-0.25, -0.2) is 4.79 Å². The van der Waals surface area contributed by atoms with Crippen LogP contribution in [0.15, 0.2) is 78.9 Å². The quantitative estimate of drug-likeness (QED) is 0.671. The number of amides is 1. The Morgan fingerprint density at radius 3 is 2.15 bits per heavy atom. The van der Waals surface area contributed by atoms with Crippen LogP contribution in [0.2, 0.25) is 0 Å². The fourth-order valence-electron chi connectivity index (χ4n) is 2.87. The maximum Gasteiger partial charge on any atom is 0.417 e. The Balaban J connectivity index is 1.72. The lowest BCUT2D eigenvalue weighted by Gasteiger charge is -2.27. The van der Waals surface area contributed by atoms with E-state index in [0.717, 1.165) is 11.1 Å². The van der Waals surface area contributed by atoms with E-state index in [1.807, 2.05) is 56.3 Å². The van der Waals surface area contributed by atoms with E-state index in [0.29, 0.717) is 11.4 Å². The fourth-order valence-corrected chi connectivity index (χ4v) is 2.87. The largest absolute Gasteiger partial charge is 0.508 e. The van der Waals surface area contributed by atoms with Crippen molar-refractivity contribution in [1.29, 1.82) is 0 Å². The summed E-state index contributed by atoms with van der Waals surface area (Å²) in [5.41, 5.74) is 2.15. The lowest BCUT2D eigenvalue weighted by atomic mass is 9.78. The molecule has 0 fully saturated rings. The van der Waals surface area contributed by atoms with Gasteiger partial charge in [0.25, 0.3) is 0 Å². The summed E-state index contributed by atoms with van der Waals surface area (Å²) >= 11 is 0. The molecule has 0 radical (unpaired) electrons. The van der Waals surface area contributed by atoms with E-state index >= 15 is 0 Å². The number of hydrogen-bond acceptors (Lipinski definition) is 3. The molecule has 3 rings (SSSR count). The van der Waals surface area contributed by atoms with E-state index in [-0.39, 0.29) is 11.2 Å². The molecule has 26 heavy (non-hydrogen) atoms. The average Bonchev–Trinajstić information content (AvgIpc) is 2.63. The number of phenolic OH excluding ortho intramolecular Hbond substituents is 1. The molecule has 0 heterocycles. The van der Waals surface area contributed by atoms with Gasteiger partial charge < -0.3 is 9.84 Å². The first-order chi connectivity index (χ1) is 12.5. The number of benzene rings is 3. The van der Waals surface area contributed by atoms with Crippen molar-refractivity contribution in [3.8, 4) is 11.5 Å². The predicted octanol–water partition coefficient (Wildman–Crippen LogP) is 5.33. The first-order valence-electron chi connectivity index (χ1n) is 8.40. The van der Waals surface area contributed by atoms with Gasteiger partial charge >= 0.3 is 6.09 Å². The zero-order valence-electron chi connectivity index (χ0n) is 14.8. The van der Waals surface area contributed by atoms with E-state index in [2.05, 4.69) is 5.32 Å². The minimum atomic E-state index is -0.538. The summed E-state index contributed by atoms with van der Waals surface area (Å²) in [6, 6.07) is 23.7. The minimum Gasteiger partial charge on any atom is -0.508 e. The van der Waals surface area contributed by atoms with Crippen LogP contribution in [0.1, 0.15) is 25.0 Å². The highest BCUT2D eigenvalue weighted by atomic mass is 16.6. The molecule has 0 atom stereocenters. The summed E-state index contributed by atoms with van der Waals surface area (Å²) in [6.45, 7) is 4.08. The van der Waals surface area contributed by atoms with Gasteiger partial charge in [0.2, 0.25) is 0 Å². The van der Waals surface area contributed by atoms with Crippen molar-refractivity contribution in [2.75, 3.05) is 5.32 Å². The summed E-state index contributed by atoms with van der Waals surface area (Å²) in [5, 5.41) is 12.8. The molecule has 0 aliphatic heterocycles. The van der Waals surface area contributed by atoms with Crippen LogP contribution in [-0.2, 0) is 5.41 Å². The molecule has 0 aliphatic carbocycles. The molecule has 0 spiro atoms. The number of rotatable bonds is 4. The van der Waals surface area contributed by atoms with Crippen molar-refractivity contribution in [2.45, 2.75) is 19.3 Å². The second-order valence-electron chi connectivity index (χ2n) is 6.55. The van der Waals surface area contributed by atoms with Crippen LogP contribution in [-0.4, -0.2) is 11.2 Å². The number of hydrogen-bond donors (Lipinski definition) is 2. The van der Waals surface area contributed by atoms with Crippen molar-refractivity contribution >= 4 is 11.8 Å². The summed E-state index contributed by atoms with van der Waals surface area (Å²) in [4.78, 5) is 12.0. The third kappa shape index (κ3) is 3.86. The smallest absolute Gasteiger partial charge is 0.417 e. The molecule has 0 aromatic heterocycles. The Kier molecular flexibility index (Phi) is 4.94. The molecule has 0 saturated carbocycles. The van der Waals surface area contributed by atoms with E-state index in [1.165, 1.54) is 0 Å². The molecular formula is C22H21NO3. The van der Waals surface area contributed by atoms with E-state index in [4.69, 9.17) is 4.74 Å². The van der Waals surface area contributed by atoms with Crippen molar-refractivity contribution in [2.24, 2.45) is 0 Å². The highest BCUT2D eigenvalue weighted by Crippen LogP contribution is 2.37. The van der Waals surface area contributed by atoms with Gasteiger partial charge in [-0.2, -0.15) is 0 Å². The number of phenols is 1. The summed E-state index contributed by atoms with van der Waals surface area (Å²) in [6.07, 6.45) is -0.538. The van der Waals surface area contributed by atoms with Gasteiger partial charge in [0.05, 0.1) is 0 Å². The molecule has 4 nitrogen and oxygen atoms in total. The maximum absolute atomic E-state index is 12.0. The average molecular weight is 347 g/mol. The lowest BCUT2D eigenvalue weighted by Crippen LogP contribution is -2.19. The first kappa shape index (κ1) is 17.5. The topological polar surface area (TPSA) is 58.6 Å². The summed E-state index contributed by atoms with van der Waals surface area (Å²) in [5.74, 6) is 0.718. The molecule has 0 saturated heterocycles. The monoisotopic (exact) mass is 347 g/mol. The Labute approximate surface area is 153 Å². The van der Waals surface area contributed by atoms with Crippen molar-refractivity contribution in [3.05, 3.63) is 90.0 Å². The van der Waals surface area contributed by atoms with Crippen LogP contribution < -0.4 is 10.1 Å². The lowest BCUT2D eigenvalue weighted by molar-refractivity contribution is 0.215. The molecule has 0 bridgehead atoms. The Hall–Kier alpha value is -3.27. The number of nitrogens with one attached hydrogen (secondary N) is 1. The fraction of sp³-hybridized carbons (Fsp3) is 0.136.